The molecular weight excluding hydrogens is 484 g/mol. The van der Waals surface area contributed by atoms with Gasteiger partial charge in [-0.25, -0.2) is 14.6 Å². The molecule has 1 aromatic rings. The molecule has 3 rings (SSSR count). The molecule has 0 saturated carbocycles. The number of aromatic nitrogens is 2. The smallest absolute Gasteiger partial charge is 0.390 e. The lowest BCUT2D eigenvalue weighted by Crippen LogP contribution is -2.40. The number of hydrazine groups is 2. The maximum absolute atomic E-state index is 12.5. The Balaban J connectivity index is 1.49. The summed E-state index contributed by atoms with van der Waals surface area (Å²) in [7, 11) is -1.91. The fourth-order valence-corrected chi connectivity index (χ4v) is 4.92. The zero-order chi connectivity index (χ0) is 25.3. The van der Waals surface area contributed by atoms with Crippen molar-refractivity contribution in [3.63, 3.8) is 0 Å². The van der Waals surface area contributed by atoms with Crippen molar-refractivity contribution >= 4 is 16.1 Å². The Labute approximate surface area is 205 Å². The van der Waals surface area contributed by atoms with E-state index in [1.807, 2.05) is 24.0 Å². The molecule has 0 amide bonds. The molecular formula is C20H36N6O8S. The van der Waals surface area contributed by atoms with Crippen LogP contribution in [-0.2, 0) is 35.1 Å². The lowest BCUT2D eigenvalue weighted by Gasteiger charge is -2.27. The van der Waals surface area contributed by atoms with E-state index < -0.39 is 27.4 Å². The minimum Gasteiger partial charge on any atom is -0.390 e. The summed E-state index contributed by atoms with van der Waals surface area (Å²) >= 11 is 0. The van der Waals surface area contributed by atoms with Crippen LogP contribution in [0.3, 0.4) is 0 Å². The lowest BCUT2D eigenvalue weighted by molar-refractivity contribution is -0.397. The molecule has 2 fully saturated rings. The highest BCUT2D eigenvalue weighted by Gasteiger charge is 2.29. The summed E-state index contributed by atoms with van der Waals surface area (Å²) in [6.45, 7) is 4.71. The van der Waals surface area contributed by atoms with Crippen molar-refractivity contribution in [3.05, 3.63) is 22.5 Å². The quantitative estimate of drug-likeness (QED) is 0.195. The molecule has 2 aliphatic heterocycles. The second kappa shape index (κ2) is 13.5. The molecule has 0 aliphatic carbocycles. The van der Waals surface area contributed by atoms with Crippen LogP contribution in [0, 0.1) is 10.1 Å². The van der Waals surface area contributed by atoms with Crippen molar-refractivity contribution in [1.29, 1.82) is 0 Å². The van der Waals surface area contributed by atoms with Crippen molar-refractivity contribution in [3.8, 4) is 0 Å². The Morgan fingerprint density at radius 2 is 2.23 bits per heavy atom. The number of nitrogens with zero attached hydrogens (tertiary/aromatic N) is 5. The largest absolute Gasteiger partial charge is 0.434 e. The Morgan fingerprint density at radius 1 is 1.40 bits per heavy atom. The summed E-state index contributed by atoms with van der Waals surface area (Å²) in [5, 5.41) is 15.1. The van der Waals surface area contributed by atoms with Crippen LogP contribution in [0.4, 0.5) is 5.95 Å². The molecule has 3 unspecified atom stereocenters. The van der Waals surface area contributed by atoms with Gasteiger partial charge in [-0.05, 0) is 37.5 Å². The van der Waals surface area contributed by atoms with Gasteiger partial charge in [0.05, 0.1) is 25.0 Å². The van der Waals surface area contributed by atoms with Crippen molar-refractivity contribution in [1.82, 2.24) is 25.1 Å². The molecule has 0 spiro atoms. The number of nitrogens with one attached hydrogen (secondary N) is 1. The summed E-state index contributed by atoms with van der Waals surface area (Å²) < 4.78 is 48.6. The van der Waals surface area contributed by atoms with E-state index in [4.69, 9.17) is 18.4 Å². The SMILES string of the molecule is CCOCC1CN(CCCS(=O)(=O)OCC(Cn2ccnc2[N+](=O)[O-])OC2CCCCO2)NN1C. The molecule has 14 nitrogen and oxygen atoms in total. The summed E-state index contributed by atoms with van der Waals surface area (Å²) in [6.07, 6.45) is 4.37. The van der Waals surface area contributed by atoms with Crippen LogP contribution in [0.5, 0.6) is 0 Å². The van der Waals surface area contributed by atoms with E-state index in [1.165, 1.54) is 17.0 Å². The highest BCUT2D eigenvalue weighted by atomic mass is 32.2. The molecule has 2 aliphatic rings. The maximum Gasteiger partial charge on any atom is 0.434 e. The third-order valence-corrected chi connectivity index (χ3v) is 7.07. The fourth-order valence-electron chi connectivity index (χ4n) is 3.96. The van der Waals surface area contributed by atoms with E-state index in [9.17, 15) is 18.5 Å². The van der Waals surface area contributed by atoms with E-state index in [0.717, 1.165) is 19.4 Å². The van der Waals surface area contributed by atoms with Gasteiger partial charge < -0.3 is 24.3 Å². The highest BCUT2D eigenvalue weighted by molar-refractivity contribution is 7.86. The molecule has 3 atom stereocenters. The van der Waals surface area contributed by atoms with Gasteiger partial charge in [-0.3, -0.25) is 4.18 Å². The first kappa shape index (κ1) is 27.9. The van der Waals surface area contributed by atoms with Crippen LogP contribution in [0.25, 0.3) is 0 Å². The predicted octanol–water partition coefficient (Wildman–Crippen LogP) is 0.512. The topological polar surface area (TPSA) is 151 Å². The second-order valence-corrected chi connectivity index (χ2v) is 10.3. The molecule has 0 aromatic carbocycles. The fraction of sp³-hybridized carbons (Fsp3) is 0.850. The van der Waals surface area contributed by atoms with Crippen LogP contribution < -0.4 is 5.53 Å². The third-order valence-electron chi connectivity index (χ3n) is 5.79. The van der Waals surface area contributed by atoms with Crippen molar-refractivity contribution in [2.24, 2.45) is 0 Å². The van der Waals surface area contributed by atoms with Crippen LogP contribution in [0.1, 0.15) is 32.6 Å². The summed E-state index contributed by atoms with van der Waals surface area (Å²) in [4.78, 5) is 14.3. The third kappa shape index (κ3) is 9.02. The number of hydrogen-bond donors (Lipinski definition) is 1. The Hall–Kier alpha value is -1.72. The van der Waals surface area contributed by atoms with Crippen molar-refractivity contribution < 1.29 is 31.7 Å². The molecule has 35 heavy (non-hydrogen) atoms. The first-order valence-corrected chi connectivity index (χ1v) is 13.5. The average molecular weight is 521 g/mol. The number of nitro groups is 1. The Morgan fingerprint density at radius 3 is 2.94 bits per heavy atom. The van der Waals surface area contributed by atoms with Crippen LogP contribution in [0.2, 0.25) is 0 Å². The normalized spacial score (nSPS) is 23.0. The van der Waals surface area contributed by atoms with Gasteiger partial charge in [-0.15, -0.1) is 0 Å². The van der Waals surface area contributed by atoms with Gasteiger partial charge in [0.25, 0.3) is 10.1 Å². The molecule has 1 aromatic heterocycles. The average Bonchev–Trinajstić information content (AvgIpc) is 3.43. The predicted molar refractivity (Wildman–Crippen MR) is 124 cm³/mol. The first-order chi connectivity index (χ1) is 16.8. The van der Waals surface area contributed by atoms with Gasteiger partial charge in [0, 0.05) is 33.4 Å². The van der Waals surface area contributed by atoms with E-state index in [2.05, 4.69) is 10.5 Å². The summed E-state index contributed by atoms with van der Waals surface area (Å²) in [6, 6.07) is 0.190. The molecule has 2 saturated heterocycles. The van der Waals surface area contributed by atoms with Crippen LogP contribution in [-0.4, -0.2) is 104 Å². The molecule has 3 heterocycles. The van der Waals surface area contributed by atoms with Gasteiger partial charge in [0.1, 0.15) is 25.0 Å². The van der Waals surface area contributed by atoms with Crippen molar-refractivity contribution in [2.45, 2.75) is 57.6 Å². The zero-order valence-electron chi connectivity index (χ0n) is 20.3. The Bertz CT molecular complexity index is 894. The number of likely N-dealkylation sites (N-methyl/N-ethyl adjacent to an activating group) is 1. The Kier molecular flexibility index (Phi) is 10.8. The van der Waals surface area contributed by atoms with E-state index in [1.54, 1.807) is 0 Å². The summed E-state index contributed by atoms with van der Waals surface area (Å²) in [5.41, 5.74) is 3.19. The molecule has 0 radical (unpaired) electrons. The van der Waals surface area contributed by atoms with E-state index in [0.29, 0.717) is 39.2 Å². The lowest BCUT2D eigenvalue weighted by atomic mass is 10.2. The zero-order valence-corrected chi connectivity index (χ0v) is 21.1. The van der Waals surface area contributed by atoms with Gasteiger partial charge in [0.15, 0.2) is 6.29 Å². The number of ether oxygens (including phenoxy) is 3. The molecule has 15 heteroatoms. The maximum atomic E-state index is 12.5. The minimum atomic E-state index is -3.83. The number of hydrogen-bond acceptors (Lipinski definition) is 12. The first-order valence-electron chi connectivity index (χ1n) is 11.9. The van der Waals surface area contributed by atoms with Gasteiger partial charge in [-0.1, -0.05) is 4.98 Å². The second-order valence-electron chi connectivity index (χ2n) is 8.56. The van der Waals surface area contributed by atoms with Crippen LogP contribution >= 0.6 is 0 Å². The standard InChI is InChI=1S/C20H36N6O8S/c1-3-31-15-17-13-25(22-23(17)2)9-6-12-35(29,30)33-16-18(34-19-7-4-5-11-32-19)14-24-10-8-21-20(24)26(27)28/h8,10,17-19,22H,3-7,9,11-16H2,1-2H3. The summed E-state index contributed by atoms with van der Waals surface area (Å²) in [5.74, 6) is -0.514. The molecule has 0 bridgehead atoms. The van der Waals surface area contributed by atoms with E-state index >= 15 is 0 Å². The van der Waals surface area contributed by atoms with Crippen LogP contribution in [0.15, 0.2) is 12.4 Å². The van der Waals surface area contributed by atoms with Gasteiger partial charge in [0.2, 0.25) is 0 Å². The van der Waals surface area contributed by atoms with Crippen molar-refractivity contribution in [2.75, 3.05) is 52.3 Å². The minimum absolute atomic E-state index is 0.0109. The highest BCUT2D eigenvalue weighted by Crippen LogP contribution is 2.18. The number of rotatable bonds is 15. The van der Waals surface area contributed by atoms with Gasteiger partial charge >= 0.3 is 5.95 Å². The number of imidazole rings is 1. The molecule has 200 valence electrons. The van der Waals surface area contributed by atoms with Gasteiger partial charge in [-0.2, -0.15) is 14.0 Å². The molecule has 1 N–H and O–H groups in total. The van der Waals surface area contributed by atoms with E-state index in [-0.39, 0.29) is 30.9 Å². The monoisotopic (exact) mass is 520 g/mol.